The largest absolute Gasteiger partial charge is 0.380 e. The molecule has 0 aliphatic carbocycles. The van der Waals surface area contributed by atoms with Gasteiger partial charge in [-0.2, -0.15) is 10.2 Å². The van der Waals surface area contributed by atoms with Gasteiger partial charge in [-0.15, -0.1) is 0 Å². The summed E-state index contributed by atoms with van der Waals surface area (Å²) in [6.45, 7) is 2.86. The molecule has 2 aromatic carbocycles. The molecule has 3 heteroatoms. The minimum Gasteiger partial charge on any atom is -0.380 e. The second-order valence-electron chi connectivity index (χ2n) is 5.78. The Hall–Kier alpha value is -2.00. The van der Waals surface area contributed by atoms with Crippen LogP contribution in [0.25, 0.3) is 0 Å². The first-order valence-electron chi connectivity index (χ1n) is 8.40. The number of ether oxygens (including phenoxy) is 1. The Labute approximate surface area is 139 Å². The molecular weight excluding hydrogens is 284 g/mol. The van der Waals surface area contributed by atoms with Crippen LogP contribution in [0.3, 0.4) is 0 Å². The van der Waals surface area contributed by atoms with Crippen LogP contribution in [0.5, 0.6) is 0 Å². The Kier molecular flexibility index (Phi) is 7.47. The summed E-state index contributed by atoms with van der Waals surface area (Å²) in [5.41, 5.74) is 4.26. The molecule has 0 unspecified atom stereocenters. The average Bonchev–Trinajstić information content (AvgIpc) is 2.59. The number of unbranched alkanes of at least 4 members (excludes halogenated alkanes) is 3. The predicted molar refractivity (Wildman–Crippen MR) is 95.6 cm³/mol. The number of azo groups is 1. The minimum atomic E-state index is 0.622. The Balaban J connectivity index is 1.87. The second-order valence-corrected chi connectivity index (χ2v) is 5.78. The maximum atomic E-state index is 5.10. The van der Waals surface area contributed by atoms with Gasteiger partial charge < -0.3 is 4.74 Å². The van der Waals surface area contributed by atoms with Gasteiger partial charge in [0, 0.05) is 7.11 Å². The van der Waals surface area contributed by atoms with Gasteiger partial charge in [0.1, 0.15) is 0 Å². The van der Waals surface area contributed by atoms with Gasteiger partial charge in [0.25, 0.3) is 0 Å². The van der Waals surface area contributed by atoms with E-state index in [1.165, 1.54) is 31.2 Å². The molecular formula is C20H26N2O. The van der Waals surface area contributed by atoms with Crippen molar-refractivity contribution in [1.29, 1.82) is 0 Å². The van der Waals surface area contributed by atoms with Crippen molar-refractivity contribution >= 4 is 11.4 Å². The fraction of sp³-hybridized carbons (Fsp3) is 0.400. The fourth-order valence-corrected chi connectivity index (χ4v) is 2.43. The lowest BCUT2D eigenvalue weighted by Gasteiger charge is -2.01. The minimum absolute atomic E-state index is 0.622. The molecule has 122 valence electrons. The zero-order chi connectivity index (χ0) is 16.3. The lowest BCUT2D eigenvalue weighted by Crippen LogP contribution is -1.85. The third-order valence-electron chi connectivity index (χ3n) is 3.78. The summed E-state index contributed by atoms with van der Waals surface area (Å²) in [5, 5.41) is 8.57. The van der Waals surface area contributed by atoms with Gasteiger partial charge in [0.15, 0.2) is 0 Å². The molecule has 3 nitrogen and oxygen atoms in total. The molecule has 0 saturated carbocycles. The fourth-order valence-electron chi connectivity index (χ4n) is 2.43. The second kappa shape index (κ2) is 9.90. The number of aryl methyl sites for hydroxylation is 1. The molecule has 0 aliphatic heterocycles. The molecule has 0 radical (unpaired) electrons. The molecule has 0 aromatic heterocycles. The quantitative estimate of drug-likeness (QED) is 0.391. The van der Waals surface area contributed by atoms with Crippen LogP contribution < -0.4 is 0 Å². The summed E-state index contributed by atoms with van der Waals surface area (Å²) >= 11 is 0. The van der Waals surface area contributed by atoms with Crippen LogP contribution in [0.15, 0.2) is 58.8 Å². The standard InChI is InChI=1S/C20H26N2O/c1-3-4-5-6-7-17-8-12-19(13-9-17)21-22-20-14-10-18(11-15-20)16-23-2/h8-15H,3-7,16H2,1-2H3. The lowest BCUT2D eigenvalue weighted by atomic mass is 10.1. The van der Waals surface area contributed by atoms with Crippen LogP contribution in [0.1, 0.15) is 43.7 Å². The maximum Gasteiger partial charge on any atom is 0.0857 e. The van der Waals surface area contributed by atoms with Crippen LogP contribution in [-0.4, -0.2) is 7.11 Å². The smallest absolute Gasteiger partial charge is 0.0857 e. The van der Waals surface area contributed by atoms with Gasteiger partial charge in [-0.05, 0) is 48.2 Å². The van der Waals surface area contributed by atoms with Crippen LogP contribution in [0.2, 0.25) is 0 Å². The van der Waals surface area contributed by atoms with Crippen molar-refractivity contribution in [2.45, 2.75) is 45.6 Å². The molecule has 23 heavy (non-hydrogen) atoms. The highest BCUT2D eigenvalue weighted by atomic mass is 16.5. The summed E-state index contributed by atoms with van der Waals surface area (Å²) in [6.07, 6.45) is 6.35. The van der Waals surface area contributed by atoms with Gasteiger partial charge in [0.05, 0.1) is 18.0 Å². The normalized spacial score (nSPS) is 11.2. The van der Waals surface area contributed by atoms with Gasteiger partial charge >= 0.3 is 0 Å². The lowest BCUT2D eigenvalue weighted by molar-refractivity contribution is 0.185. The first-order chi connectivity index (χ1) is 11.3. The predicted octanol–water partition coefficient (Wildman–Crippen LogP) is 6.37. The molecule has 0 aliphatic rings. The van der Waals surface area contributed by atoms with Crippen molar-refractivity contribution in [3.63, 3.8) is 0 Å². The van der Waals surface area contributed by atoms with E-state index in [2.05, 4.69) is 29.3 Å². The van der Waals surface area contributed by atoms with Crippen molar-refractivity contribution in [2.75, 3.05) is 7.11 Å². The van der Waals surface area contributed by atoms with Crippen molar-refractivity contribution < 1.29 is 4.74 Å². The first-order valence-corrected chi connectivity index (χ1v) is 8.40. The molecule has 0 bridgehead atoms. The zero-order valence-electron chi connectivity index (χ0n) is 14.2. The average molecular weight is 310 g/mol. The molecule has 2 rings (SSSR count). The SMILES string of the molecule is CCCCCCc1ccc(N=Nc2ccc(COC)cc2)cc1. The van der Waals surface area contributed by atoms with Gasteiger partial charge in [-0.3, -0.25) is 0 Å². The highest BCUT2D eigenvalue weighted by molar-refractivity contribution is 5.42. The van der Waals surface area contributed by atoms with Gasteiger partial charge in [-0.25, -0.2) is 0 Å². The Morgan fingerprint density at radius 3 is 1.83 bits per heavy atom. The van der Waals surface area contributed by atoms with E-state index in [1.807, 2.05) is 36.4 Å². The van der Waals surface area contributed by atoms with E-state index in [1.54, 1.807) is 7.11 Å². The number of nitrogens with zero attached hydrogens (tertiary/aromatic N) is 2. The molecule has 0 spiro atoms. The molecule has 2 aromatic rings. The Bertz CT molecular complexity index is 588. The van der Waals surface area contributed by atoms with E-state index in [9.17, 15) is 0 Å². The Morgan fingerprint density at radius 2 is 1.30 bits per heavy atom. The van der Waals surface area contributed by atoms with Crippen LogP contribution >= 0.6 is 0 Å². The topological polar surface area (TPSA) is 34.0 Å². The highest BCUT2D eigenvalue weighted by Gasteiger charge is 1.96. The number of rotatable bonds is 9. The molecule has 0 fully saturated rings. The van der Waals surface area contributed by atoms with Gasteiger partial charge in [0.2, 0.25) is 0 Å². The van der Waals surface area contributed by atoms with E-state index in [4.69, 9.17) is 4.74 Å². The molecule has 0 N–H and O–H groups in total. The summed E-state index contributed by atoms with van der Waals surface area (Å²) in [5.74, 6) is 0. The summed E-state index contributed by atoms with van der Waals surface area (Å²) in [4.78, 5) is 0. The van der Waals surface area contributed by atoms with E-state index < -0.39 is 0 Å². The van der Waals surface area contributed by atoms with E-state index >= 15 is 0 Å². The van der Waals surface area contributed by atoms with Crippen molar-refractivity contribution in [1.82, 2.24) is 0 Å². The first kappa shape index (κ1) is 17.4. The summed E-state index contributed by atoms with van der Waals surface area (Å²) < 4.78 is 5.10. The molecule has 0 heterocycles. The number of hydrogen-bond donors (Lipinski definition) is 0. The molecule has 0 saturated heterocycles. The highest BCUT2D eigenvalue weighted by Crippen LogP contribution is 2.20. The van der Waals surface area contributed by atoms with E-state index in [-0.39, 0.29) is 0 Å². The molecule has 0 atom stereocenters. The Morgan fingerprint density at radius 1 is 0.739 bits per heavy atom. The zero-order valence-corrected chi connectivity index (χ0v) is 14.2. The number of benzene rings is 2. The number of methoxy groups -OCH3 is 1. The van der Waals surface area contributed by atoms with Crippen LogP contribution in [0.4, 0.5) is 11.4 Å². The third kappa shape index (κ3) is 6.33. The van der Waals surface area contributed by atoms with Crippen molar-refractivity contribution in [3.05, 3.63) is 59.7 Å². The van der Waals surface area contributed by atoms with Gasteiger partial charge in [-0.1, -0.05) is 50.5 Å². The van der Waals surface area contributed by atoms with Crippen molar-refractivity contribution in [2.24, 2.45) is 10.2 Å². The monoisotopic (exact) mass is 310 g/mol. The summed E-state index contributed by atoms with van der Waals surface area (Å²) in [7, 11) is 1.70. The summed E-state index contributed by atoms with van der Waals surface area (Å²) in [6, 6.07) is 16.3. The van der Waals surface area contributed by atoms with Crippen molar-refractivity contribution in [3.8, 4) is 0 Å². The third-order valence-corrected chi connectivity index (χ3v) is 3.78. The van der Waals surface area contributed by atoms with Crippen LogP contribution in [0, 0.1) is 0 Å². The van der Waals surface area contributed by atoms with Crippen LogP contribution in [-0.2, 0) is 17.8 Å². The maximum absolute atomic E-state index is 5.10. The van der Waals surface area contributed by atoms with E-state index in [0.29, 0.717) is 6.61 Å². The number of hydrogen-bond acceptors (Lipinski definition) is 3. The molecule has 0 amide bonds. The van der Waals surface area contributed by atoms with E-state index in [0.717, 1.165) is 23.4 Å².